The molecule has 0 saturated carbocycles. The fraction of sp³-hybridized carbons (Fsp3) is 0.200. The number of hydrogen-bond acceptors (Lipinski definition) is 6. The van der Waals surface area contributed by atoms with E-state index in [1.807, 2.05) is 80.7 Å². The average Bonchev–Trinajstić information content (AvgIpc) is 3.44. The van der Waals surface area contributed by atoms with Crippen LogP contribution in [0, 0.1) is 25.2 Å². The van der Waals surface area contributed by atoms with E-state index in [4.69, 9.17) is 14.6 Å². The second-order valence-electron chi connectivity index (χ2n) is 10.4. The predicted molar refractivity (Wildman–Crippen MR) is 165 cm³/mol. The van der Waals surface area contributed by atoms with Gasteiger partial charge in [0.05, 0.1) is 19.9 Å². The highest BCUT2D eigenvalue weighted by molar-refractivity contribution is 6.19. The lowest BCUT2D eigenvalue weighted by molar-refractivity contribution is -0.140. The van der Waals surface area contributed by atoms with Gasteiger partial charge in [0.15, 0.2) is 11.5 Å². The van der Waals surface area contributed by atoms with Crippen LogP contribution in [-0.4, -0.2) is 47.3 Å². The normalized spacial score (nSPS) is 14.3. The van der Waals surface area contributed by atoms with Crippen LogP contribution in [0.3, 0.4) is 0 Å². The van der Waals surface area contributed by atoms with Crippen molar-refractivity contribution in [2.75, 3.05) is 20.8 Å². The first-order chi connectivity index (χ1) is 20.7. The third-order valence-electron chi connectivity index (χ3n) is 7.61. The van der Waals surface area contributed by atoms with Gasteiger partial charge in [0.25, 0.3) is 11.8 Å². The molecule has 1 aliphatic rings. The summed E-state index contributed by atoms with van der Waals surface area (Å²) in [5, 5.41) is 14.9. The van der Waals surface area contributed by atoms with E-state index in [9.17, 15) is 14.9 Å². The highest BCUT2D eigenvalue weighted by atomic mass is 16.5. The van der Waals surface area contributed by atoms with Crippen molar-refractivity contribution in [1.29, 1.82) is 5.26 Å². The van der Waals surface area contributed by atoms with Crippen molar-refractivity contribution < 1.29 is 19.1 Å². The molecule has 8 nitrogen and oxygen atoms in total. The summed E-state index contributed by atoms with van der Waals surface area (Å²) in [5.74, 6) is 0.0843. The number of hydrogen-bond donors (Lipinski definition) is 0. The predicted octanol–water partition coefficient (Wildman–Crippen LogP) is 6.01. The summed E-state index contributed by atoms with van der Waals surface area (Å²) >= 11 is 0. The molecule has 0 saturated heterocycles. The molecule has 0 atom stereocenters. The SMILES string of the molecule is COc1ccc(CCN2C(=O)C(C#N)=C(C)/C(=C\c3cn(-c4ccccc4)nc3-c3cc(C)ccc3C)C2=O)cc1OC. The standard InChI is InChI=1S/C35H32N4O4/c1-22-11-12-23(2)28(17-22)33-26(21-39(37-33)27-9-7-6-8-10-27)19-29-24(3)30(20-36)35(41)38(34(29)40)16-15-25-13-14-31(42-4)32(18-25)43-5/h6-14,17-19,21H,15-16H2,1-5H3/b29-19+. The molecule has 0 aliphatic carbocycles. The van der Waals surface area contributed by atoms with E-state index in [1.165, 1.54) is 0 Å². The van der Waals surface area contributed by atoms with Crippen molar-refractivity contribution in [3.8, 4) is 34.5 Å². The van der Waals surface area contributed by atoms with Crippen LogP contribution in [0.25, 0.3) is 23.0 Å². The lowest BCUT2D eigenvalue weighted by Crippen LogP contribution is -2.43. The Morgan fingerprint density at radius 3 is 2.35 bits per heavy atom. The van der Waals surface area contributed by atoms with E-state index in [-0.39, 0.29) is 17.7 Å². The second kappa shape index (κ2) is 12.2. The van der Waals surface area contributed by atoms with Crippen LogP contribution < -0.4 is 9.47 Å². The third-order valence-corrected chi connectivity index (χ3v) is 7.61. The van der Waals surface area contributed by atoms with Gasteiger partial charge in [-0.15, -0.1) is 0 Å². The van der Waals surface area contributed by atoms with Crippen molar-refractivity contribution in [3.05, 3.63) is 112 Å². The van der Waals surface area contributed by atoms with Gasteiger partial charge in [-0.2, -0.15) is 10.4 Å². The Labute approximate surface area is 251 Å². The number of ether oxygens (including phenoxy) is 2. The van der Waals surface area contributed by atoms with Gasteiger partial charge in [0, 0.05) is 29.4 Å². The van der Waals surface area contributed by atoms with E-state index >= 15 is 0 Å². The zero-order valence-corrected chi connectivity index (χ0v) is 24.8. The molecule has 43 heavy (non-hydrogen) atoms. The van der Waals surface area contributed by atoms with Crippen LogP contribution in [0.15, 0.2) is 89.6 Å². The second-order valence-corrected chi connectivity index (χ2v) is 10.4. The Morgan fingerprint density at radius 2 is 1.65 bits per heavy atom. The summed E-state index contributed by atoms with van der Waals surface area (Å²) in [7, 11) is 3.11. The number of carbonyl (C=O) groups is 2. The molecule has 0 N–H and O–H groups in total. The maximum Gasteiger partial charge on any atom is 0.271 e. The highest BCUT2D eigenvalue weighted by Crippen LogP contribution is 2.33. The molecular formula is C35H32N4O4. The number of imide groups is 1. The lowest BCUT2D eigenvalue weighted by Gasteiger charge is -2.27. The summed E-state index contributed by atoms with van der Waals surface area (Å²) in [6.45, 7) is 5.78. The molecule has 8 heteroatoms. The summed E-state index contributed by atoms with van der Waals surface area (Å²) in [4.78, 5) is 28.4. The molecular weight excluding hydrogens is 540 g/mol. The average molecular weight is 573 g/mol. The molecule has 0 radical (unpaired) electrons. The minimum absolute atomic E-state index is 0.0538. The van der Waals surface area contributed by atoms with Crippen molar-refractivity contribution in [3.63, 3.8) is 0 Å². The number of nitriles is 1. The van der Waals surface area contributed by atoms with Crippen molar-refractivity contribution in [1.82, 2.24) is 14.7 Å². The van der Waals surface area contributed by atoms with Crippen LogP contribution >= 0.6 is 0 Å². The van der Waals surface area contributed by atoms with Crippen LogP contribution in [0.4, 0.5) is 0 Å². The van der Waals surface area contributed by atoms with Gasteiger partial charge >= 0.3 is 0 Å². The number of benzene rings is 3. The Balaban J connectivity index is 1.58. The number of aryl methyl sites for hydroxylation is 2. The molecule has 1 aliphatic heterocycles. The first kappa shape index (κ1) is 29.1. The first-order valence-corrected chi connectivity index (χ1v) is 13.9. The van der Waals surface area contributed by atoms with Gasteiger partial charge in [-0.3, -0.25) is 14.5 Å². The summed E-state index contributed by atoms with van der Waals surface area (Å²) in [5.41, 5.74) is 6.75. The topological polar surface area (TPSA) is 97.5 Å². The number of carbonyl (C=O) groups excluding carboxylic acids is 2. The maximum absolute atomic E-state index is 13.9. The summed E-state index contributed by atoms with van der Waals surface area (Å²) < 4.78 is 12.5. The molecule has 0 bridgehead atoms. The van der Waals surface area contributed by atoms with Crippen molar-refractivity contribution in [2.45, 2.75) is 27.2 Å². The molecule has 2 amide bonds. The fourth-order valence-corrected chi connectivity index (χ4v) is 5.17. The van der Waals surface area contributed by atoms with Crippen LogP contribution in [-0.2, 0) is 16.0 Å². The monoisotopic (exact) mass is 572 g/mol. The van der Waals surface area contributed by atoms with Crippen LogP contribution in [0.5, 0.6) is 11.5 Å². The Bertz CT molecular complexity index is 1830. The summed E-state index contributed by atoms with van der Waals surface area (Å²) in [6, 6.07) is 23.4. The molecule has 1 aromatic heterocycles. The zero-order chi connectivity index (χ0) is 30.7. The molecule has 2 heterocycles. The van der Waals surface area contributed by atoms with E-state index in [0.29, 0.717) is 34.8 Å². The third kappa shape index (κ3) is 5.70. The van der Waals surface area contributed by atoms with Crippen LogP contribution in [0.2, 0.25) is 0 Å². The highest BCUT2D eigenvalue weighted by Gasteiger charge is 2.35. The van der Waals surface area contributed by atoms with Gasteiger partial charge in [0.2, 0.25) is 0 Å². The molecule has 0 fully saturated rings. The lowest BCUT2D eigenvalue weighted by atomic mass is 9.92. The Hall–Kier alpha value is -5.42. The maximum atomic E-state index is 13.9. The molecule has 216 valence electrons. The number of para-hydroxylation sites is 1. The first-order valence-electron chi connectivity index (χ1n) is 13.9. The van der Waals surface area contributed by atoms with Gasteiger partial charge < -0.3 is 9.47 Å². The van der Waals surface area contributed by atoms with E-state index in [2.05, 4.69) is 6.07 Å². The molecule has 0 unspecified atom stereocenters. The van der Waals surface area contributed by atoms with Gasteiger partial charge in [0.1, 0.15) is 17.3 Å². The van der Waals surface area contributed by atoms with Crippen LogP contribution in [0.1, 0.15) is 29.2 Å². The van der Waals surface area contributed by atoms with E-state index < -0.39 is 11.8 Å². The largest absolute Gasteiger partial charge is 0.493 e. The van der Waals surface area contributed by atoms with E-state index in [1.54, 1.807) is 38.0 Å². The van der Waals surface area contributed by atoms with E-state index in [0.717, 1.165) is 32.8 Å². The molecule has 5 rings (SSSR count). The number of nitrogens with zero attached hydrogens (tertiary/aromatic N) is 4. The smallest absolute Gasteiger partial charge is 0.271 e. The minimum atomic E-state index is -0.600. The number of rotatable bonds is 8. The van der Waals surface area contributed by atoms with Gasteiger partial charge in [-0.05, 0) is 80.3 Å². The molecule has 4 aromatic rings. The number of methoxy groups -OCH3 is 2. The van der Waals surface area contributed by atoms with Crippen molar-refractivity contribution >= 4 is 17.9 Å². The molecule has 3 aromatic carbocycles. The quantitative estimate of drug-likeness (QED) is 0.190. The fourth-order valence-electron chi connectivity index (χ4n) is 5.17. The number of amides is 2. The molecule has 0 spiro atoms. The Morgan fingerprint density at radius 1 is 0.907 bits per heavy atom. The Kier molecular flexibility index (Phi) is 8.26. The van der Waals surface area contributed by atoms with Gasteiger partial charge in [-0.1, -0.05) is 42.0 Å². The van der Waals surface area contributed by atoms with Gasteiger partial charge in [-0.25, -0.2) is 4.68 Å². The number of aromatic nitrogens is 2. The minimum Gasteiger partial charge on any atom is -0.493 e. The van der Waals surface area contributed by atoms with Crippen molar-refractivity contribution in [2.24, 2.45) is 0 Å². The summed E-state index contributed by atoms with van der Waals surface area (Å²) in [6.07, 6.45) is 3.99. The zero-order valence-electron chi connectivity index (χ0n) is 24.8.